The molecule has 1 amide bonds. The normalized spacial score (nSPS) is 19.8. The van der Waals surface area contributed by atoms with Crippen LogP contribution in [-0.2, 0) is 16.4 Å². The molecule has 1 aromatic heterocycles. The number of ether oxygens (including phenoxy) is 1. The maximum absolute atomic E-state index is 13.5. The topological polar surface area (TPSA) is 150 Å². The summed E-state index contributed by atoms with van der Waals surface area (Å²) < 4.78 is 32.3. The first-order valence-electron chi connectivity index (χ1n) is 13.8. The number of amides is 1. The van der Waals surface area contributed by atoms with E-state index >= 15 is 0 Å². The third kappa shape index (κ3) is 6.45. The van der Waals surface area contributed by atoms with Crippen LogP contribution in [0.15, 0.2) is 53.6 Å². The number of nitrogens with one attached hydrogen (secondary N) is 1. The van der Waals surface area contributed by atoms with Gasteiger partial charge in [0.1, 0.15) is 5.75 Å². The Kier molecular flexibility index (Phi) is 9.10. The molecule has 2 aromatic carbocycles. The lowest BCUT2D eigenvalue weighted by molar-refractivity contribution is 0.102. The van der Waals surface area contributed by atoms with E-state index in [-0.39, 0.29) is 28.9 Å². The highest BCUT2D eigenvalue weighted by molar-refractivity contribution is 7.92. The van der Waals surface area contributed by atoms with Crippen LogP contribution in [-0.4, -0.2) is 35.6 Å². The number of nitrogens with two attached hydrogens (primary N) is 2. The van der Waals surface area contributed by atoms with Gasteiger partial charge < -0.3 is 21.5 Å². The number of rotatable bonds is 1. The van der Waals surface area contributed by atoms with E-state index in [2.05, 4.69) is 22.2 Å². The molecule has 0 aliphatic carbocycles. The lowest BCUT2D eigenvalue weighted by Gasteiger charge is -2.28. The van der Waals surface area contributed by atoms with Crippen LogP contribution >= 0.6 is 0 Å². The molecule has 4 bridgehead atoms. The van der Waals surface area contributed by atoms with Crippen molar-refractivity contribution in [1.82, 2.24) is 9.97 Å². The van der Waals surface area contributed by atoms with Crippen LogP contribution in [0.1, 0.15) is 75.3 Å². The summed E-state index contributed by atoms with van der Waals surface area (Å²) >= 11 is 0. The summed E-state index contributed by atoms with van der Waals surface area (Å²) in [4.78, 5) is 22.2. The van der Waals surface area contributed by atoms with E-state index in [4.69, 9.17) is 16.2 Å². The molecule has 0 fully saturated rings. The van der Waals surface area contributed by atoms with Gasteiger partial charge >= 0.3 is 0 Å². The standard InChI is InChI=1S/C30H39N5O4S/c1-20-9-6-4-5-7-16-39-27-22(18-31)10-8-11-24(27)35-29(36)26-28(32)33-19-25(34-26)21-12-14-23(15-13-21)40(37,38)30(2,3)17-20/h8,10-15,19-20H,4-7,9,16-18,31H2,1-3H3,(H2,32,33)(H,35,36). The molecule has 5 N–H and O–H groups in total. The van der Waals surface area contributed by atoms with Crippen LogP contribution in [0.2, 0.25) is 0 Å². The Morgan fingerprint density at radius 1 is 1.07 bits per heavy atom. The third-order valence-corrected chi connectivity index (χ3v) is 9.96. The fourth-order valence-electron chi connectivity index (χ4n) is 5.20. The quantitative estimate of drug-likeness (QED) is 0.357. The van der Waals surface area contributed by atoms with Crippen LogP contribution in [0.25, 0.3) is 11.3 Å². The molecular formula is C30H39N5O4S. The van der Waals surface area contributed by atoms with Crippen molar-refractivity contribution in [2.75, 3.05) is 17.7 Å². The molecular weight excluding hydrogens is 526 g/mol. The van der Waals surface area contributed by atoms with Crippen molar-refractivity contribution in [1.29, 1.82) is 0 Å². The number of benzene rings is 2. The summed E-state index contributed by atoms with van der Waals surface area (Å²) in [5.41, 5.74) is 14.2. The van der Waals surface area contributed by atoms with E-state index in [0.29, 0.717) is 35.7 Å². The van der Waals surface area contributed by atoms with Gasteiger partial charge in [-0.3, -0.25) is 4.79 Å². The molecule has 40 heavy (non-hydrogen) atoms. The Morgan fingerprint density at radius 3 is 2.52 bits per heavy atom. The average Bonchev–Trinajstić information content (AvgIpc) is 2.92. The number of hydrogen-bond donors (Lipinski definition) is 3. The molecule has 0 saturated carbocycles. The first kappa shape index (κ1) is 29.5. The summed E-state index contributed by atoms with van der Waals surface area (Å²) in [5.74, 6) is 0.242. The molecule has 10 heteroatoms. The molecule has 9 nitrogen and oxygen atoms in total. The second-order valence-electron chi connectivity index (χ2n) is 11.1. The monoisotopic (exact) mass is 565 g/mol. The minimum atomic E-state index is -3.58. The molecule has 3 heterocycles. The molecule has 2 aliphatic rings. The van der Waals surface area contributed by atoms with Crippen molar-refractivity contribution in [3.8, 4) is 17.0 Å². The molecule has 214 valence electrons. The van der Waals surface area contributed by atoms with Gasteiger partial charge in [0.25, 0.3) is 5.91 Å². The van der Waals surface area contributed by atoms with Gasteiger partial charge in [0.2, 0.25) is 0 Å². The fraction of sp³-hybridized carbons (Fsp3) is 0.433. The molecule has 2 aliphatic heterocycles. The number of carbonyl (C=O) groups is 1. The van der Waals surface area contributed by atoms with Gasteiger partial charge in [-0.15, -0.1) is 0 Å². The van der Waals surface area contributed by atoms with Crippen molar-refractivity contribution in [3.63, 3.8) is 0 Å². The summed E-state index contributed by atoms with van der Waals surface area (Å²) in [6.07, 6.45) is 6.86. The molecule has 1 unspecified atom stereocenters. The number of para-hydroxylation sites is 1. The maximum Gasteiger partial charge on any atom is 0.278 e. The number of nitrogens with zero attached hydrogens (tertiary/aromatic N) is 2. The number of nitrogen functional groups attached to an aromatic ring is 1. The lowest BCUT2D eigenvalue weighted by Crippen LogP contribution is -2.34. The van der Waals surface area contributed by atoms with Crippen LogP contribution in [0.5, 0.6) is 5.75 Å². The average molecular weight is 566 g/mol. The van der Waals surface area contributed by atoms with Crippen molar-refractivity contribution in [3.05, 3.63) is 59.9 Å². The number of sulfone groups is 1. The van der Waals surface area contributed by atoms with Gasteiger partial charge in [0.15, 0.2) is 21.3 Å². The predicted octanol–water partition coefficient (Wildman–Crippen LogP) is 5.36. The third-order valence-electron chi connectivity index (χ3n) is 7.45. The second-order valence-corrected chi connectivity index (χ2v) is 13.7. The van der Waals surface area contributed by atoms with Gasteiger partial charge in [0.05, 0.1) is 33.8 Å². The fourth-order valence-corrected chi connectivity index (χ4v) is 6.83. The van der Waals surface area contributed by atoms with Crippen LogP contribution in [0, 0.1) is 5.92 Å². The Morgan fingerprint density at radius 2 is 1.80 bits per heavy atom. The van der Waals surface area contributed by atoms with Crippen LogP contribution in [0.4, 0.5) is 11.5 Å². The van der Waals surface area contributed by atoms with E-state index in [1.807, 2.05) is 6.07 Å². The molecule has 0 spiro atoms. The van der Waals surface area contributed by atoms with E-state index in [1.54, 1.807) is 50.2 Å². The van der Waals surface area contributed by atoms with Gasteiger partial charge in [-0.05, 0) is 50.8 Å². The SMILES string of the molecule is CC1CCCCCCOc2c(CN)cccc2NC(=O)c2nc(cnc2N)-c2ccc(cc2)S(=O)(=O)C(C)(C)C1. The van der Waals surface area contributed by atoms with Crippen molar-refractivity contribution in [2.45, 2.75) is 75.5 Å². The highest BCUT2D eigenvalue weighted by atomic mass is 32.2. The Hall–Kier alpha value is -3.50. The van der Waals surface area contributed by atoms with E-state index in [0.717, 1.165) is 37.7 Å². The highest BCUT2D eigenvalue weighted by Crippen LogP contribution is 2.34. The van der Waals surface area contributed by atoms with Crippen LogP contribution < -0.4 is 21.5 Å². The Balaban J connectivity index is 1.72. The number of aromatic nitrogens is 2. The zero-order chi connectivity index (χ0) is 28.9. The van der Waals surface area contributed by atoms with Gasteiger partial charge in [-0.25, -0.2) is 18.4 Å². The molecule has 1 atom stereocenters. The molecule has 5 rings (SSSR count). The summed E-state index contributed by atoms with van der Waals surface area (Å²) in [5, 5.41) is 2.86. The number of fused-ring (bicyclic) bond motifs is 13. The van der Waals surface area contributed by atoms with E-state index in [9.17, 15) is 13.2 Å². The smallest absolute Gasteiger partial charge is 0.278 e. The summed E-state index contributed by atoms with van der Waals surface area (Å²) in [6.45, 7) is 6.46. The zero-order valence-electron chi connectivity index (χ0n) is 23.4. The maximum atomic E-state index is 13.5. The lowest BCUT2D eigenvalue weighted by atomic mass is 9.93. The number of anilines is 2. The van der Waals surface area contributed by atoms with Crippen molar-refractivity contribution < 1.29 is 17.9 Å². The molecule has 0 radical (unpaired) electrons. The number of carbonyl (C=O) groups excluding carboxylic acids is 1. The van der Waals surface area contributed by atoms with Crippen LogP contribution in [0.3, 0.4) is 0 Å². The first-order valence-corrected chi connectivity index (χ1v) is 15.3. The second kappa shape index (κ2) is 12.3. The summed E-state index contributed by atoms with van der Waals surface area (Å²) in [6, 6.07) is 12.0. The van der Waals surface area contributed by atoms with E-state index < -0.39 is 20.5 Å². The highest BCUT2D eigenvalue weighted by Gasteiger charge is 2.36. The number of hydrogen-bond acceptors (Lipinski definition) is 8. The first-order chi connectivity index (χ1) is 19.0. The van der Waals surface area contributed by atoms with Gasteiger partial charge in [-0.2, -0.15) is 0 Å². The minimum Gasteiger partial charge on any atom is -0.491 e. The molecule has 0 saturated heterocycles. The minimum absolute atomic E-state index is 0.0248. The van der Waals surface area contributed by atoms with Crippen molar-refractivity contribution >= 4 is 27.2 Å². The van der Waals surface area contributed by atoms with Gasteiger partial charge in [-0.1, -0.05) is 56.9 Å². The largest absolute Gasteiger partial charge is 0.491 e. The predicted molar refractivity (Wildman–Crippen MR) is 158 cm³/mol. The van der Waals surface area contributed by atoms with Crippen molar-refractivity contribution in [2.24, 2.45) is 11.7 Å². The zero-order valence-corrected chi connectivity index (χ0v) is 24.3. The van der Waals surface area contributed by atoms with E-state index in [1.165, 1.54) is 6.20 Å². The summed E-state index contributed by atoms with van der Waals surface area (Å²) in [7, 11) is -3.58. The Labute approximate surface area is 236 Å². The molecule has 3 aromatic rings. The Bertz CT molecular complexity index is 1460. The van der Waals surface area contributed by atoms with Gasteiger partial charge in [0, 0.05) is 17.7 Å².